The van der Waals surface area contributed by atoms with Crippen molar-refractivity contribution in [1.82, 2.24) is 0 Å². The van der Waals surface area contributed by atoms with Gasteiger partial charge in [0.1, 0.15) is 5.75 Å². The predicted octanol–water partition coefficient (Wildman–Crippen LogP) is 2.73. The zero-order valence-corrected chi connectivity index (χ0v) is 9.28. The first-order chi connectivity index (χ1) is 6.50. The van der Waals surface area contributed by atoms with Crippen LogP contribution in [0.15, 0.2) is 22.7 Å². The molecule has 1 rings (SSSR count). The number of aliphatic carboxylic acids is 1. The van der Waals surface area contributed by atoms with Crippen LogP contribution in [0.25, 0.3) is 0 Å². The molecular weight excluding hydrogens is 248 g/mol. The second-order valence-corrected chi connectivity index (χ2v) is 4.06. The highest BCUT2D eigenvalue weighted by atomic mass is 79.9. The fourth-order valence-electron chi connectivity index (χ4n) is 1.22. The molecular formula is C10H11BrO3. The van der Waals surface area contributed by atoms with Crippen LogP contribution in [0.5, 0.6) is 5.75 Å². The fourth-order valence-corrected chi connectivity index (χ4v) is 1.46. The van der Waals surface area contributed by atoms with E-state index in [0.29, 0.717) is 4.47 Å². The maximum atomic E-state index is 10.5. The van der Waals surface area contributed by atoms with Crippen molar-refractivity contribution in [3.63, 3.8) is 0 Å². The van der Waals surface area contributed by atoms with Crippen LogP contribution in [0.3, 0.4) is 0 Å². The Bertz CT molecular complexity index is 349. The van der Waals surface area contributed by atoms with Crippen LogP contribution in [0.2, 0.25) is 0 Å². The molecule has 76 valence electrons. The van der Waals surface area contributed by atoms with E-state index in [2.05, 4.69) is 15.9 Å². The lowest BCUT2D eigenvalue weighted by Gasteiger charge is -2.09. The molecule has 2 N–H and O–H groups in total. The molecule has 0 bridgehead atoms. The second-order valence-electron chi connectivity index (χ2n) is 3.21. The molecule has 0 fully saturated rings. The number of phenolic OH excluding ortho intramolecular Hbond substituents is 1. The van der Waals surface area contributed by atoms with Crippen LogP contribution in [-0.4, -0.2) is 16.2 Å². The van der Waals surface area contributed by atoms with Crippen LogP contribution >= 0.6 is 15.9 Å². The van der Waals surface area contributed by atoms with Crippen molar-refractivity contribution in [2.45, 2.75) is 19.3 Å². The molecule has 0 radical (unpaired) electrons. The molecule has 0 saturated carbocycles. The number of carboxylic acids is 1. The third kappa shape index (κ3) is 2.73. The van der Waals surface area contributed by atoms with E-state index in [1.54, 1.807) is 18.2 Å². The molecule has 0 aliphatic rings. The molecule has 0 aliphatic carbocycles. The van der Waals surface area contributed by atoms with Gasteiger partial charge in [0.05, 0.1) is 10.9 Å². The summed E-state index contributed by atoms with van der Waals surface area (Å²) in [6.07, 6.45) is 0.0705. The van der Waals surface area contributed by atoms with Crippen molar-refractivity contribution in [3.8, 4) is 5.75 Å². The third-order valence-corrected chi connectivity index (χ3v) is 2.69. The van der Waals surface area contributed by atoms with E-state index < -0.39 is 5.97 Å². The Morgan fingerprint density at radius 2 is 2.21 bits per heavy atom. The Morgan fingerprint density at radius 3 is 2.71 bits per heavy atom. The van der Waals surface area contributed by atoms with E-state index in [9.17, 15) is 9.90 Å². The summed E-state index contributed by atoms with van der Waals surface area (Å²) >= 11 is 3.16. The second kappa shape index (κ2) is 4.46. The monoisotopic (exact) mass is 258 g/mol. The molecule has 0 saturated heterocycles. The van der Waals surface area contributed by atoms with Gasteiger partial charge in [-0.05, 0) is 39.5 Å². The van der Waals surface area contributed by atoms with Gasteiger partial charge in [0.2, 0.25) is 0 Å². The minimum atomic E-state index is -0.833. The molecule has 1 aromatic carbocycles. The summed E-state index contributed by atoms with van der Waals surface area (Å²) in [7, 11) is 0. The van der Waals surface area contributed by atoms with Crippen molar-refractivity contribution < 1.29 is 15.0 Å². The van der Waals surface area contributed by atoms with Gasteiger partial charge in [0, 0.05) is 0 Å². The number of carboxylic acid groups (broad SMARTS) is 1. The van der Waals surface area contributed by atoms with Gasteiger partial charge < -0.3 is 10.2 Å². The van der Waals surface area contributed by atoms with Crippen LogP contribution < -0.4 is 0 Å². The van der Waals surface area contributed by atoms with Gasteiger partial charge in [-0.15, -0.1) is 0 Å². The van der Waals surface area contributed by atoms with Crippen molar-refractivity contribution in [1.29, 1.82) is 0 Å². The Hall–Kier alpha value is -1.03. The van der Waals surface area contributed by atoms with Gasteiger partial charge in [-0.2, -0.15) is 0 Å². The number of halogens is 1. The molecule has 4 heteroatoms. The summed E-state index contributed by atoms with van der Waals surface area (Å²) in [5, 5.41) is 18.0. The van der Waals surface area contributed by atoms with Gasteiger partial charge in [0.15, 0.2) is 0 Å². The molecule has 1 aromatic rings. The largest absolute Gasteiger partial charge is 0.507 e. The average Bonchev–Trinajstić information content (AvgIpc) is 2.08. The number of benzene rings is 1. The minimum absolute atomic E-state index is 0.0705. The van der Waals surface area contributed by atoms with E-state index in [1.807, 2.05) is 6.92 Å². The minimum Gasteiger partial charge on any atom is -0.507 e. The van der Waals surface area contributed by atoms with Crippen LogP contribution in [0, 0.1) is 0 Å². The number of aromatic hydroxyl groups is 1. The Balaban J connectivity index is 2.85. The Morgan fingerprint density at radius 1 is 1.57 bits per heavy atom. The molecule has 3 nitrogen and oxygen atoms in total. The molecule has 14 heavy (non-hydrogen) atoms. The highest BCUT2D eigenvalue weighted by Gasteiger charge is 2.11. The number of rotatable bonds is 3. The molecule has 0 amide bonds. The number of phenols is 1. The quantitative estimate of drug-likeness (QED) is 0.877. The van der Waals surface area contributed by atoms with E-state index in [-0.39, 0.29) is 18.1 Å². The maximum Gasteiger partial charge on any atom is 0.303 e. The lowest BCUT2D eigenvalue weighted by molar-refractivity contribution is -0.137. The molecule has 1 atom stereocenters. The fraction of sp³-hybridized carbons (Fsp3) is 0.300. The van der Waals surface area contributed by atoms with E-state index in [0.717, 1.165) is 5.56 Å². The standard InChI is InChI=1S/C10H11BrO3/c1-6(4-10(13)14)7-2-3-8(11)9(12)5-7/h2-3,5-6,12H,4H2,1H3,(H,13,14). The highest BCUT2D eigenvalue weighted by molar-refractivity contribution is 9.10. The van der Waals surface area contributed by atoms with Crippen molar-refractivity contribution in [2.24, 2.45) is 0 Å². The Kier molecular flexibility index (Phi) is 3.52. The van der Waals surface area contributed by atoms with E-state index in [4.69, 9.17) is 5.11 Å². The summed E-state index contributed by atoms with van der Waals surface area (Å²) in [5.41, 5.74) is 0.827. The average molecular weight is 259 g/mol. The molecule has 1 unspecified atom stereocenters. The van der Waals surface area contributed by atoms with E-state index >= 15 is 0 Å². The molecule has 0 spiro atoms. The molecule has 0 aliphatic heterocycles. The van der Waals surface area contributed by atoms with Crippen LogP contribution in [0.1, 0.15) is 24.8 Å². The summed E-state index contributed by atoms with van der Waals surface area (Å²) in [6.45, 7) is 1.82. The molecule has 0 aromatic heterocycles. The van der Waals surface area contributed by atoms with E-state index in [1.165, 1.54) is 0 Å². The summed E-state index contributed by atoms with van der Waals surface area (Å²) in [4.78, 5) is 10.5. The summed E-state index contributed by atoms with van der Waals surface area (Å²) in [5.74, 6) is -0.786. The highest BCUT2D eigenvalue weighted by Crippen LogP contribution is 2.28. The predicted molar refractivity (Wildman–Crippen MR) is 56.5 cm³/mol. The SMILES string of the molecule is CC(CC(=O)O)c1ccc(Br)c(O)c1. The lowest BCUT2D eigenvalue weighted by atomic mass is 9.98. The zero-order chi connectivity index (χ0) is 10.7. The first kappa shape index (κ1) is 11.0. The normalized spacial score (nSPS) is 12.4. The van der Waals surface area contributed by atoms with Gasteiger partial charge in [-0.25, -0.2) is 0 Å². The maximum absolute atomic E-state index is 10.5. The van der Waals surface area contributed by atoms with Gasteiger partial charge in [-0.3, -0.25) is 4.79 Å². The van der Waals surface area contributed by atoms with Crippen molar-refractivity contribution in [3.05, 3.63) is 28.2 Å². The smallest absolute Gasteiger partial charge is 0.303 e. The topological polar surface area (TPSA) is 57.5 Å². The molecule has 0 heterocycles. The Labute approximate surface area is 90.5 Å². The first-order valence-corrected chi connectivity index (χ1v) is 5.00. The van der Waals surface area contributed by atoms with Crippen molar-refractivity contribution >= 4 is 21.9 Å². The lowest BCUT2D eigenvalue weighted by Crippen LogP contribution is -2.02. The summed E-state index contributed by atoms with van der Waals surface area (Å²) < 4.78 is 0.615. The number of carbonyl (C=O) groups is 1. The first-order valence-electron chi connectivity index (χ1n) is 4.21. The van der Waals surface area contributed by atoms with Gasteiger partial charge in [-0.1, -0.05) is 13.0 Å². The van der Waals surface area contributed by atoms with Gasteiger partial charge >= 0.3 is 5.97 Å². The summed E-state index contributed by atoms with van der Waals surface area (Å²) in [6, 6.07) is 5.10. The zero-order valence-electron chi connectivity index (χ0n) is 7.70. The van der Waals surface area contributed by atoms with Crippen LogP contribution in [0.4, 0.5) is 0 Å². The number of hydrogen-bond donors (Lipinski definition) is 2. The number of hydrogen-bond acceptors (Lipinski definition) is 2. The third-order valence-electron chi connectivity index (χ3n) is 2.02. The van der Waals surface area contributed by atoms with Crippen molar-refractivity contribution in [2.75, 3.05) is 0 Å². The van der Waals surface area contributed by atoms with Crippen LogP contribution in [-0.2, 0) is 4.79 Å². The van der Waals surface area contributed by atoms with Gasteiger partial charge in [0.25, 0.3) is 0 Å².